The summed E-state index contributed by atoms with van der Waals surface area (Å²) >= 11 is 6.18. The van der Waals surface area contributed by atoms with Crippen LogP contribution >= 0.6 is 11.6 Å². The minimum atomic E-state index is 0.293. The smallest absolute Gasteiger partial charge is 0.0409 e. The van der Waals surface area contributed by atoms with Gasteiger partial charge >= 0.3 is 0 Å². The lowest BCUT2D eigenvalue weighted by Gasteiger charge is -2.14. The second kappa shape index (κ2) is 4.50. The van der Waals surface area contributed by atoms with Gasteiger partial charge in [0, 0.05) is 10.9 Å². The van der Waals surface area contributed by atoms with Gasteiger partial charge in [-0.3, -0.25) is 0 Å². The van der Waals surface area contributed by atoms with Gasteiger partial charge in [0.1, 0.15) is 0 Å². The fourth-order valence-electron chi connectivity index (χ4n) is 3.20. The van der Waals surface area contributed by atoms with Crippen molar-refractivity contribution < 1.29 is 0 Å². The molecule has 0 aromatic heterocycles. The Kier molecular flexibility index (Phi) is 2.64. The zero-order chi connectivity index (χ0) is 13.5. The molecule has 1 aliphatic carbocycles. The number of benzene rings is 3. The van der Waals surface area contributed by atoms with Crippen LogP contribution in [-0.2, 0) is 0 Å². The van der Waals surface area contributed by atoms with E-state index in [1.165, 1.54) is 27.8 Å². The molecular formula is C19H13Cl. The first-order valence-electron chi connectivity index (χ1n) is 6.78. The molecule has 0 spiro atoms. The van der Waals surface area contributed by atoms with Crippen LogP contribution in [0.1, 0.15) is 22.6 Å². The highest BCUT2D eigenvalue weighted by Crippen LogP contribution is 2.47. The van der Waals surface area contributed by atoms with E-state index < -0.39 is 0 Å². The van der Waals surface area contributed by atoms with Gasteiger partial charge in [-0.2, -0.15) is 0 Å². The van der Waals surface area contributed by atoms with Crippen molar-refractivity contribution in [1.82, 2.24) is 0 Å². The Morgan fingerprint density at radius 3 is 1.85 bits per heavy atom. The van der Waals surface area contributed by atoms with E-state index in [-0.39, 0.29) is 0 Å². The van der Waals surface area contributed by atoms with Crippen molar-refractivity contribution in [3.05, 3.63) is 94.5 Å². The van der Waals surface area contributed by atoms with Crippen LogP contribution in [0.2, 0.25) is 5.02 Å². The molecule has 0 atom stereocenters. The molecule has 0 unspecified atom stereocenters. The molecular weight excluding hydrogens is 264 g/mol. The second-order valence-electron chi connectivity index (χ2n) is 5.16. The Hall–Kier alpha value is -2.05. The van der Waals surface area contributed by atoms with Crippen LogP contribution in [0.15, 0.2) is 72.8 Å². The number of hydrogen-bond donors (Lipinski definition) is 0. The molecule has 0 N–H and O–H groups in total. The first kappa shape index (κ1) is 11.7. The summed E-state index contributed by atoms with van der Waals surface area (Å²) in [5.41, 5.74) is 6.68. The Bertz CT molecular complexity index is 744. The van der Waals surface area contributed by atoms with Gasteiger partial charge in [0.2, 0.25) is 0 Å². The van der Waals surface area contributed by atoms with Gasteiger partial charge in [-0.25, -0.2) is 0 Å². The van der Waals surface area contributed by atoms with Crippen LogP contribution in [0.5, 0.6) is 0 Å². The Balaban J connectivity index is 2.00. The highest BCUT2D eigenvalue weighted by atomic mass is 35.5. The van der Waals surface area contributed by atoms with Crippen LogP contribution < -0.4 is 0 Å². The van der Waals surface area contributed by atoms with Gasteiger partial charge in [-0.1, -0.05) is 72.3 Å². The molecule has 1 heteroatoms. The van der Waals surface area contributed by atoms with Crippen molar-refractivity contribution in [3.8, 4) is 11.1 Å². The summed E-state index contributed by atoms with van der Waals surface area (Å²) in [7, 11) is 0. The minimum Gasteiger partial charge on any atom is -0.0843 e. The quantitative estimate of drug-likeness (QED) is 0.430. The lowest BCUT2D eigenvalue weighted by Crippen LogP contribution is -1.98. The molecule has 0 aliphatic heterocycles. The summed E-state index contributed by atoms with van der Waals surface area (Å²) in [5, 5.41) is 0.796. The van der Waals surface area contributed by atoms with Gasteiger partial charge in [-0.15, -0.1) is 0 Å². The maximum absolute atomic E-state index is 6.18. The number of rotatable bonds is 1. The average molecular weight is 277 g/mol. The van der Waals surface area contributed by atoms with E-state index in [0.29, 0.717) is 5.92 Å². The fourth-order valence-corrected chi connectivity index (χ4v) is 3.40. The first-order chi connectivity index (χ1) is 9.84. The summed E-state index contributed by atoms with van der Waals surface area (Å²) in [6.07, 6.45) is 0. The van der Waals surface area contributed by atoms with Crippen LogP contribution in [0, 0.1) is 0 Å². The monoisotopic (exact) mass is 276 g/mol. The van der Waals surface area contributed by atoms with Gasteiger partial charge in [0.15, 0.2) is 0 Å². The molecule has 20 heavy (non-hydrogen) atoms. The summed E-state index contributed by atoms with van der Waals surface area (Å²) in [4.78, 5) is 0. The van der Waals surface area contributed by atoms with E-state index in [1.54, 1.807) is 0 Å². The molecule has 3 aromatic rings. The fraction of sp³-hybridized carbons (Fsp3) is 0.0526. The van der Waals surface area contributed by atoms with E-state index in [2.05, 4.69) is 60.7 Å². The number of fused-ring (bicyclic) bond motifs is 3. The maximum Gasteiger partial charge on any atom is 0.0409 e. The Labute approximate surface area is 123 Å². The number of halogens is 1. The Morgan fingerprint density at radius 1 is 0.650 bits per heavy atom. The molecule has 0 amide bonds. The van der Waals surface area contributed by atoms with Gasteiger partial charge in [0.25, 0.3) is 0 Å². The van der Waals surface area contributed by atoms with Crippen LogP contribution in [0.25, 0.3) is 11.1 Å². The summed E-state index contributed by atoms with van der Waals surface area (Å²) in [6, 6.07) is 25.5. The van der Waals surface area contributed by atoms with E-state index in [9.17, 15) is 0 Å². The summed E-state index contributed by atoms with van der Waals surface area (Å²) in [5.74, 6) is 0.293. The third kappa shape index (κ3) is 1.69. The average Bonchev–Trinajstić information content (AvgIpc) is 2.82. The summed E-state index contributed by atoms with van der Waals surface area (Å²) < 4.78 is 0. The number of hydrogen-bond acceptors (Lipinski definition) is 0. The molecule has 0 radical (unpaired) electrons. The molecule has 0 saturated heterocycles. The topological polar surface area (TPSA) is 0 Å². The molecule has 0 bridgehead atoms. The molecule has 0 fully saturated rings. The SMILES string of the molecule is Clc1cccc(C2c3ccccc3-c3ccccc32)c1. The second-order valence-corrected chi connectivity index (χ2v) is 5.60. The molecule has 0 saturated carbocycles. The lowest BCUT2D eigenvalue weighted by molar-refractivity contribution is 1.02. The molecule has 96 valence electrons. The first-order valence-corrected chi connectivity index (χ1v) is 7.16. The van der Waals surface area contributed by atoms with E-state index in [1.807, 2.05) is 12.1 Å². The van der Waals surface area contributed by atoms with Gasteiger partial charge in [0.05, 0.1) is 0 Å². The van der Waals surface area contributed by atoms with Crippen LogP contribution in [0.3, 0.4) is 0 Å². The van der Waals surface area contributed by atoms with Crippen molar-refractivity contribution in [3.63, 3.8) is 0 Å². The van der Waals surface area contributed by atoms with Gasteiger partial charge < -0.3 is 0 Å². The standard InChI is InChI=1S/C19H13Cl/c20-14-7-5-6-13(12-14)19-17-10-3-1-8-15(17)16-9-2-4-11-18(16)19/h1-12,19H. The van der Waals surface area contributed by atoms with Crippen molar-refractivity contribution >= 4 is 11.6 Å². The van der Waals surface area contributed by atoms with Crippen LogP contribution in [-0.4, -0.2) is 0 Å². The maximum atomic E-state index is 6.18. The molecule has 1 aliphatic rings. The van der Waals surface area contributed by atoms with Crippen molar-refractivity contribution in [1.29, 1.82) is 0 Å². The van der Waals surface area contributed by atoms with Crippen LogP contribution in [0.4, 0.5) is 0 Å². The normalized spacial score (nSPS) is 13.1. The zero-order valence-electron chi connectivity index (χ0n) is 10.9. The Morgan fingerprint density at radius 2 is 1.25 bits per heavy atom. The highest BCUT2D eigenvalue weighted by Gasteiger charge is 2.29. The minimum absolute atomic E-state index is 0.293. The summed E-state index contributed by atoms with van der Waals surface area (Å²) in [6.45, 7) is 0. The molecule has 0 heterocycles. The lowest BCUT2D eigenvalue weighted by atomic mass is 9.89. The third-order valence-electron chi connectivity index (χ3n) is 4.02. The molecule has 4 rings (SSSR count). The predicted octanol–water partition coefficient (Wildman–Crippen LogP) is 5.50. The van der Waals surface area contributed by atoms with Crippen molar-refractivity contribution in [2.75, 3.05) is 0 Å². The molecule has 0 nitrogen and oxygen atoms in total. The molecule has 3 aromatic carbocycles. The van der Waals surface area contributed by atoms with Gasteiger partial charge in [-0.05, 0) is 39.9 Å². The van der Waals surface area contributed by atoms with Crippen molar-refractivity contribution in [2.24, 2.45) is 0 Å². The van der Waals surface area contributed by atoms with E-state index >= 15 is 0 Å². The largest absolute Gasteiger partial charge is 0.0843 e. The van der Waals surface area contributed by atoms with E-state index in [0.717, 1.165) is 5.02 Å². The van der Waals surface area contributed by atoms with E-state index in [4.69, 9.17) is 11.6 Å². The third-order valence-corrected chi connectivity index (χ3v) is 4.25. The predicted molar refractivity (Wildman–Crippen MR) is 84.3 cm³/mol. The van der Waals surface area contributed by atoms with Crippen molar-refractivity contribution in [2.45, 2.75) is 5.92 Å². The zero-order valence-corrected chi connectivity index (χ0v) is 11.6. The highest BCUT2D eigenvalue weighted by molar-refractivity contribution is 6.30.